The van der Waals surface area contributed by atoms with Gasteiger partial charge in [-0.2, -0.15) is 0 Å². The van der Waals surface area contributed by atoms with Crippen LogP contribution >= 0.6 is 0 Å². The molecule has 3 unspecified atom stereocenters. The lowest BCUT2D eigenvalue weighted by Crippen LogP contribution is -2.34. The second-order valence-electron chi connectivity index (χ2n) is 7.00. The molecule has 0 spiro atoms. The van der Waals surface area contributed by atoms with Crippen molar-refractivity contribution >= 4 is 0 Å². The normalized spacial score (nSPS) is 22.3. The lowest BCUT2D eigenvalue weighted by atomic mass is 9.75. The lowest BCUT2D eigenvalue weighted by Gasteiger charge is -2.32. The van der Waals surface area contributed by atoms with Gasteiger partial charge in [-0.25, -0.2) is 0 Å². The summed E-state index contributed by atoms with van der Waals surface area (Å²) in [6.45, 7) is 13.0. The van der Waals surface area contributed by atoms with E-state index in [2.05, 4.69) is 39.9 Å². The zero-order chi connectivity index (χ0) is 13.5. The van der Waals surface area contributed by atoms with Gasteiger partial charge in [0, 0.05) is 6.04 Å². The Balaban J connectivity index is 2.51. The Morgan fingerprint density at radius 2 is 1.67 bits per heavy atom. The lowest BCUT2D eigenvalue weighted by molar-refractivity contribution is 0.191. The van der Waals surface area contributed by atoms with Crippen LogP contribution in [0.2, 0.25) is 0 Å². The van der Waals surface area contributed by atoms with Crippen LogP contribution in [0.3, 0.4) is 0 Å². The van der Waals surface area contributed by atoms with Gasteiger partial charge in [0.2, 0.25) is 0 Å². The van der Waals surface area contributed by atoms with E-state index < -0.39 is 0 Å². The van der Waals surface area contributed by atoms with E-state index in [1.54, 1.807) is 0 Å². The molecule has 1 aliphatic carbocycles. The summed E-state index contributed by atoms with van der Waals surface area (Å²) in [6, 6.07) is 0.625. The van der Waals surface area contributed by atoms with Gasteiger partial charge in [-0.3, -0.25) is 0 Å². The number of hydrogen-bond donors (Lipinski definition) is 1. The molecule has 3 atom stereocenters. The molecule has 0 aliphatic heterocycles. The fourth-order valence-electron chi connectivity index (χ4n) is 3.48. The molecule has 0 amide bonds. The van der Waals surface area contributed by atoms with E-state index in [0.29, 0.717) is 6.04 Å². The van der Waals surface area contributed by atoms with Crippen LogP contribution in [0.5, 0.6) is 0 Å². The SMILES string of the molecule is CCC(C)CC(C(C)CNC(C)C)C1CCCC1. The van der Waals surface area contributed by atoms with E-state index >= 15 is 0 Å². The number of nitrogens with one attached hydrogen (secondary N) is 1. The highest BCUT2D eigenvalue weighted by Gasteiger charge is 2.29. The Hall–Kier alpha value is -0.0400. The molecule has 1 rings (SSSR count). The topological polar surface area (TPSA) is 12.0 Å². The van der Waals surface area contributed by atoms with E-state index in [1.165, 1.54) is 45.1 Å². The Labute approximate surface area is 115 Å². The zero-order valence-corrected chi connectivity index (χ0v) is 13.3. The molecule has 18 heavy (non-hydrogen) atoms. The molecule has 0 saturated heterocycles. The van der Waals surface area contributed by atoms with Crippen LogP contribution in [0.1, 0.15) is 73.1 Å². The second kappa shape index (κ2) is 8.19. The third-order valence-electron chi connectivity index (χ3n) is 4.96. The molecule has 0 heterocycles. The largest absolute Gasteiger partial charge is 0.314 e. The van der Waals surface area contributed by atoms with Gasteiger partial charge in [0.05, 0.1) is 0 Å². The van der Waals surface area contributed by atoms with Gasteiger partial charge in [-0.1, -0.05) is 66.7 Å². The van der Waals surface area contributed by atoms with E-state index in [0.717, 1.165) is 23.7 Å². The minimum absolute atomic E-state index is 0.625. The summed E-state index contributed by atoms with van der Waals surface area (Å²) in [5, 5.41) is 3.64. The molecule has 1 fully saturated rings. The third-order valence-corrected chi connectivity index (χ3v) is 4.96. The maximum atomic E-state index is 3.64. The molecule has 0 aromatic rings. The van der Waals surface area contributed by atoms with Crippen LogP contribution in [0.15, 0.2) is 0 Å². The molecule has 0 aromatic heterocycles. The van der Waals surface area contributed by atoms with Gasteiger partial charge >= 0.3 is 0 Å². The van der Waals surface area contributed by atoms with Gasteiger partial charge in [0.25, 0.3) is 0 Å². The average Bonchev–Trinajstić information content (AvgIpc) is 2.86. The molecule has 1 nitrogen and oxygen atoms in total. The van der Waals surface area contributed by atoms with Crippen molar-refractivity contribution in [3.05, 3.63) is 0 Å². The predicted octanol–water partition coefficient (Wildman–Crippen LogP) is 4.86. The Morgan fingerprint density at radius 1 is 1.06 bits per heavy atom. The maximum Gasteiger partial charge on any atom is 0.00104 e. The van der Waals surface area contributed by atoms with Crippen molar-refractivity contribution in [3.63, 3.8) is 0 Å². The highest BCUT2D eigenvalue weighted by Crippen LogP contribution is 2.39. The van der Waals surface area contributed by atoms with Crippen LogP contribution in [0.4, 0.5) is 0 Å². The van der Waals surface area contributed by atoms with Gasteiger partial charge in [0.1, 0.15) is 0 Å². The first-order chi connectivity index (χ1) is 8.54. The number of hydrogen-bond acceptors (Lipinski definition) is 1. The predicted molar refractivity (Wildman–Crippen MR) is 81.8 cm³/mol. The highest BCUT2D eigenvalue weighted by atomic mass is 14.9. The summed E-state index contributed by atoms with van der Waals surface area (Å²) in [4.78, 5) is 0. The first-order valence-corrected chi connectivity index (χ1v) is 8.27. The molecule has 1 saturated carbocycles. The van der Waals surface area contributed by atoms with Crippen molar-refractivity contribution in [2.45, 2.75) is 79.2 Å². The molecule has 1 heteroatoms. The van der Waals surface area contributed by atoms with Crippen LogP contribution in [0.25, 0.3) is 0 Å². The van der Waals surface area contributed by atoms with Gasteiger partial charge in [0.15, 0.2) is 0 Å². The first-order valence-electron chi connectivity index (χ1n) is 8.27. The zero-order valence-electron chi connectivity index (χ0n) is 13.3. The summed E-state index contributed by atoms with van der Waals surface area (Å²) in [5.74, 6) is 3.71. The van der Waals surface area contributed by atoms with Crippen LogP contribution < -0.4 is 5.32 Å². The summed E-state index contributed by atoms with van der Waals surface area (Å²) in [7, 11) is 0. The van der Waals surface area contributed by atoms with Crippen molar-refractivity contribution < 1.29 is 0 Å². The smallest absolute Gasteiger partial charge is 0.00104 e. The minimum atomic E-state index is 0.625. The molecule has 1 aliphatic rings. The summed E-state index contributed by atoms with van der Waals surface area (Å²) in [6.07, 6.45) is 8.73. The monoisotopic (exact) mass is 253 g/mol. The van der Waals surface area contributed by atoms with Crippen LogP contribution in [-0.4, -0.2) is 12.6 Å². The Bertz CT molecular complexity index is 206. The van der Waals surface area contributed by atoms with Crippen LogP contribution in [0, 0.1) is 23.7 Å². The maximum absolute atomic E-state index is 3.64. The molecule has 0 aromatic carbocycles. The second-order valence-corrected chi connectivity index (χ2v) is 7.00. The minimum Gasteiger partial charge on any atom is -0.314 e. The molecule has 1 N–H and O–H groups in total. The van der Waals surface area contributed by atoms with E-state index in [1.807, 2.05) is 0 Å². The molecule has 0 bridgehead atoms. The van der Waals surface area contributed by atoms with Crippen molar-refractivity contribution in [1.82, 2.24) is 5.32 Å². The van der Waals surface area contributed by atoms with Crippen molar-refractivity contribution in [1.29, 1.82) is 0 Å². The van der Waals surface area contributed by atoms with Crippen LogP contribution in [-0.2, 0) is 0 Å². The fourth-order valence-corrected chi connectivity index (χ4v) is 3.48. The fraction of sp³-hybridized carbons (Fsp3) is 1.00. The summed E-state index contributed by atoms with van der Waals surface area (Å²) < 4.78 is 0. The standard InChI is InChI=1S/C17H35N/c1-6-14(4)11-17(16-9-7-8-10-16)15(5)12-18-13(2)3/h13-18H,6-12H2,1-5H3. The first kappa shape index (κ1) is 16.0. The van der Waals surface area contributed by atoms with Crippen molar-refractivity contribution in [2.75, 3.05) is 6.54 Å². The van der Waals surface area contributed by atoms with E-state index in [-0.39, 0.29) is 0 Å². The van der Waals surface area contributed by atoms with Gasteiger partial charge < -0.3 is 5.32 Å². The summed E-state index contributed by atoms with van der Waals surface area (Å²) >= 11 is 0. The van der Waals surface area contributed by atoms with Gasteiger partial charge in [-0.05, 0) is 36.6 Å². The molecule has 0 radical (unpaired) electrons. The molecular formula is C17H35N. The Kier molecular flexibility index (Phi) is 7.29. The average molecular weight is 253 g/mol. The van der Waals surface area contributed by atoms with E-state index in [4.69, 9.17) is 0 Å². The van der Waals surface area contributed by atoms with E-state index in [9.17, 15) is 0 Å². The van der Waals surface area contributed by atoms with Crippen molar-refractivity contribution in [2.24, 2.45) is 23.7 Å². The molecule has 108 valence electrons. The molecular weight excluding hydrogens is 218 g/mol. The third kappa shape index (κ3) is 5.30. The Morgan fingerprint density at radius 3 is 2.17 bits per heavy atom. The highest BCUT2D eigenvalue weighted by molar-refractivity contribution is 4.81. The van der Waals surface area contributed by atoms with Crippen molar-refractivity contribution in [3.8, 4) is 0 Å². The summed E-state index contributed by atoms with van der Waals surface area (Å²) in [5.41, 5.74) is 0. The van der Waals surface area contributed by atoms with Gasteiger partial charge in [-0.15, -0.1) is 0 Å². The quantitative estimate of drug-likeness (QED) is 0.651. The number of rotatable bonds is 8.